The van der Waals surface area contributed by atoms with E-state index in [2.05, 4.69) is 10.4 Å². The van der Waals surface area contributed by atoms with Crippen LogP contribution in [0.3, 0.4) is 0 Å². The highest BCUT2D eigenvalue weighted by Gasteiger charge is 2.38. The molecule has 1 fully saturated rings. The summed E-state index contributed by atoms with van der Waals surface area (Å²) < 4.78 is 14.1. The van der Waals surface area contributed by atoms with Crippen molar-refractivity contribution in [1.29, 1.82) is 0 Å². The van der Waals surface area contributed by atoms with Crippen molar-refractivity contribution in [3.8, 4) is 0 Å². The quantitative estimate of drug-likeness (QED) is 0.347. The van der Waals surface area contributed by atoms with Gasteiger partial charge >= 0.3 is 5.97 Å². The Kier molecular flexibility index (Phi) is 9.20. The van der Waals surface area contributed by atoms with Crippen molar-refractivity contribution in [2.45, 2.75) is 50.2 Å². The summed E-state index contributed by atoms with van der Waals surface area (Å²) in [6.45, 7) is 1.22. The Morgan fingerprint density at radius 3 is 2.06 bits per heavy atom. The Bertz CT molecular complexity index is 1020. The topological polar surface area (TPSA) is 136 Å². The molecule has 1 saturated heterocycles. The van der Waals surface area contributed by atoms with Gasteiger partial charge in [-0.25, -0.2) is 4.79 Å². The molecule has 2 aromatic rings. The number of benzene rings is 2. The van der Waals surface area contributed by atoms with Crippen LogP contribution in [0.2, 0.25) is 0 Å². The van der Waals surface area contributed by atoms with Gasteiger partial charge in [0.25, 0.3) is 0 Å². The van der Waals surface area contributed by atoms with E-state index in [9.17, 15) is 24.1 Å². The van der Waals surface area contributed by atoms with Crippen LogP contribution in [-0.4, -0.2) is 64.2 Å². The van der Waals surface area contributed by atoms with Gasteiger partial charge in [-0.3, -0.25) is 14.7 Å². The predicted molar refractivity (Wildman–Crippen MR) is 132 cm³/mol. The molecule has 3 rings (SSSR count). The van der Waals surface area contributed by atoms with E-state index in [1.165, 1.54) is 4.90 Å². The number of nitrogens with one attached hydrogen (secondary N) is 2. The number of carboxylic acid groups (broad SMARTS) is 1. The molecule has 35 heavy (non-hydrogen) atoms. The van der Waals surface area contributed by atoms with Gasteiger partial charge in [0.15, 0.2) is 7.29 Å². The first-order chi connectivity index (χ1) is 16.7. The van der Waals surface area contributed by atoms with E-state index in [0.717, 1.165) is 11.1 Å². The van der Waals surface area contributed by atoms with Crippen LogP contribution >= 0.6 is 7.29 Å². The molecule has 1 aliphatic heterocycles. The molecule has 2 aromatic carbocycles. The second-order valence-electron chi connectivity index (χ2n) is 8.80. The average Bonchev–Trinajstić information content (AvgIpc) is 3.32. The first kappa shape index (κ1) is 26.6. The molecule has 0 spiro atoms. The monoisotopic (exact) mass is 501 g/mol. The molecular weight excluding hydrogens is 469 g/mol. The Labute approximate surface area is 205 Å². The number of likely N-dealkylation sites (tertiary alicyclic amines) is 1. The zero-order valence-electron chi connectivity index (χ0n) is 19.7. The summed E-state index contributed by atoms with van der Waals surface area (Å²) in [5, 5.41) is 23.7. The number of aliphatic hydroxyl groups is 1. The maximum atomic E-state index is 14.1. The summed E-state index contributed by atoms with van der Waals surface area (Å²) in [5.41, 5.74) is 1.78. The minimum absolute atomic E-state index is 0.265. The molecule has 0 radical (unpaired) electrons. The molecule has 9 nitrogen and oxygen atoms in total. The van der Waals surface area contributed by atoms with E-state index >= 15 is 0 Å². The van der Waals surface area contributed by atoms with Crippen LogP contribution < -0.4 is 10.4 Å². The van der Waals surface area contributed by atoms with Crippen molar-refractivity contribution in [3.63, 3.8) is 0 Å². The molecule has 1 aliphatic rings. The van der Waals surface area contributed by atoms with Gasteiger partial charge in [-0.2, -0.15) is 0 Å². The molecule has 3 unspecified atom stereocenters. The number of nitrogens with zero attached hydrogens (tertiary/aromatic N) is 1. The molecule has 0 saturated carbocycles. The summed E-state index contributed by atoms with van der Waals surface area (Å²) in [4.78, 5) is 38.6. The van der Waals surface area contributed by atoms with Gasteiger partial charge in [0, 0.05) is 18.9 Å². The standard InChI is InChI=1S/C25H32N3O6P/c1-18(24(31)28-14-8-13-22(28)23(30)26-21(15-29)25(32)33)27-35(34,16-19-9-4-2-5-10-19)17-20-11-6-3-7-12-20/h2-7,9-12,18,21-22,29H,8,13-17H2,1H3,(H,26,30)(H,27,34)(H,32,33). The fraction of sp³-hybridized carbons (Fsp3) is 0.400. The van der Waals surface area contributed by atoms with E-state index in [1.54, 1.807) is 6.92 Å². The highest BCUT2D eigenvalue weighted by molar-refractivity contribution is 7.60. The maximum absolute atomic E-state index is 14.1. The molecule has 10 heteroatoms. The number of carbonyl (C=O) groups excluding carboxylic acids is 2. The van der Waals surface area contributed by atoms with Crippen molar-refractivity contribution in [1.82, 2.24) is 15.3 Å². The van der Waals surface area contributed by atoms with E-state index < -0.39 is 43.9 Å². The molecule has 0 aromatic heterocycles. The van der Waals surface area contributed by atoms with Crippen LogP contribution in [0.25, 0.3) is 0 Å². The molecule has 0 bridgehead atoms. The van der Waals surface area contributed by atoms with Gasteiger partial charge in [-0.15, -0.1) is 0 Å². The van der Waals surface area contributed by atoms with Gasteiger partial charge in [0.1, 0.15) is 12.1 Å². The Balaban J connectivity index is 1.75. The molecule has 1 heterocycles. The number of carbonyl (C=O) groups is 3. The summed E-state index contributed by atoms with van der Waals surface area (Å²) in [6, 6.07) is 15.7. The number of amides is 2. The zero-order valence-corrected chi connectivity index (χ0v) is 20.6. The first-order valence-corrected chi connectivity index (χ1v) is 13.7. The molecule has 0 aliphatic carbocycles. The number of hydrogen-bond acceptors (Lipinski definition) is 5. The highest BCUT2D eigenvalue weighted by atomic mass is 31.2. The second-order valence-corrected chi connectivity index (χ2v) is 11.5. The van der Waals surface area contributed by atoms with Crippen LogP contribution in [0.5, 0.6) is 0 Å². The summed E-state index contributed by atoms with van der Waals surface area (Å²) in [5.74, 6) is -2.35. The van der Waals surface area contributed by atoms with E-state index in [1.807, 2.05) is 60.7 Å². The van der Waals surface area contributed by atoms with Crippen molar-refractivity contribution in [3.05, 3.63) is 71.8 Å². The lowest BCUT2D eigenvalue weighted by Gasteiger charge is -2.30. The van der Waals surface area contributed by atoms with Gasteiger partial charge in [0.2, 0.25) is 11.8 Å². The minimum atomic E-state index is -3.11. The van der Waals surface area contributed by atoms with Crippen molar-refractivity contribution < 1.29 is 29.2 Å². The summed E-state index contributed by atoms with van der Waals surface area (Å²) in [6.07, 6.45) is 1.50. The van der Waals surface area contributed by atoms with Crippen LogP contribution in [0, 0.1) is 0 Å². The average molecular weight is 502 g/mol. The fourth-order valence-electron chi connectivity index (χ4n) is 4.32. The van der Waals surface area contributed by atoms with Gasteiger partial charge in [0.05, 0.1) is 12.6 Å². The first-order valence-electron chi connectivity index (χ1n) is 11.6. The predicted octanol–water partition coefficient (Wildman–Crippen LogP) is 2.20. The summed E-state index contributed by atoms with van der Waals surface area (Å²) in [7, 11) is -3.11. The van der Waals surface area contributed by atoms with Gasteiger partial charge in [-0.1, -0.05) is 60.7 Å². The lowest BCUT2D eigenvalue weighted by Crippen LogP contribution is -2.54. The van der Waals surface area contributed by atoms with Crippen molar-refractivity contribution >= 4 is 25.1 Å². The number of hydrogen-bond donors (Lipinski definition) is 4. The number of aliphatic carboxylic acids is 1. The van der Waals surface area contributed by atoms with Crippen LogP contribution in [-0.2, 0) is 31.3 Å². The fourth-order valence-corrected chi connectivity index (χ4v) is 7.03. The Morgan fingerprint density at radius 1 is 1.03 bits per heavy atom. The Morgan fingerprint density at radius 2 is 1.57 bits per heavy atom. The third-order valence-electron chi connectivity index (χ3n) is 6.00. The maximum Gasteiger partial charge on any atom is 0.328 e. The molecular formula is C25H32N3O6P. The minimum Gasteiger partial charge on any atom is -0.480 e. The zero-order chi connectivity index (χ0) is 25.4. The lowest BCUT2D eigenvalue weighted by atomic mass is 10.1. The number of rotatable bonds is 11. The van der Waals surface area contributed by atoms with Crippen LogP contribution in [0.1, 0.15) is 30.9 Å². The number of aliphatic hydroxyl groups excluding tert-OH is 1. The molecule has 188 valence electrons. The molecule has 3 atom stereocenters. The highest BCUT2D eigenvalue weighted by Crippen LogP contribution is 2.49. The van der Waals surface area contributed by atoms with Gasteiger partial charge in [-0.05, 0) is 30.9 Å². The van der Waals surface area contributed by atoms with E-state index in [4.69, 9.17) is 5.11 Å². The Hall–Kier alpha value is -3.00. The van der Waals surface area contributed by atoms with E-state index in [-0.39, 0.29) is 18.2 Å². The van der Waals surface area contributed by atoms with E-state index in [0.29, 0.717) is 19.4 Å². The normalized spacial score (nSPS) is 17.5. The third kappa shape index (κ3) is 7.24. The largest absolute Gasteiger partial charge is 0.480 e. The molecule has 4 N–H and O–H groups in total. The smallest absolute Gasteiger partial charge is 0.328 e. The third-order valence-corrected chi connectivity index (χ3v) is 8.61. The van der Waals surface area contributed by atoms with Crippen LogP contribution in [0.4, 0.5) is 0 Å². The molecule has 2 amide bonds. The second kappa shape index (κ2) is 12.1. The van der Waals surface area contributed by atoms with Crippen molar-refractivity contribution in [2.75, 3.05) is 13.2 Å². The number of carboxylic acids is 1. The van der Waals surface area contributed by atoms with Crippen LogP contribution in [0.15, 0.2) is 60.7 Å². The SMILES string of the molecule is CC(NP(=O)(Cc1ccccc1)Cc1ccccc1)C(=O)N1CCCC1C(=O)NC(CO)C(=O)O. The van der Waals surface area contributed by atoms with Gasteiger partial charge < -0.3 is 25.0 Å². The summed E-state index contributed by atoms with van der Waals surface area (Å²) >= 11 is 0. The lowest BCUT2D eigenvalue weighted by molar-refractivity contribution is -0.145. The van der Waals surface area contributed by atoms with Crippen molar-refractivity contribution in [2.24, 2.45) is 0 Å².